The fraction of sp³-hybridized carbons (Fsp3) is 1.00. The molecule has 0 radical (unpaired) electrons. The summed E-state index contributed by atoms with van der Waals surface area (Å²) in [7, 11) is 2.20. The minimum Gasteiger partial charge on any atom is -0.303 e. The first-order valence-electron chi connectivity index (χ1n) is 3.40. The maximum absolute atomic E-state index is 2.42. The fourth-order valence-corrected chi connectivity index (χ4v) is 1.51. The molecule has 1 aliphatic rings. The van der Waals surface area contributed by atoms with Crippen LogP contribution in [0.3, 0.4) is 0 Å². The van der Waals surface area contributed by atoms with Crippen molar-refractivity contribution in [3.8, 4) is 0 Å². The summed E-state index contributed by atoms with van der Waals surface area (Å²) in [6.45, 7) is 5.91. The largest absolute Gasteiger partial charge is 0.303 e. The predicted octanol–water partition coefficient (Wildman–Crippen LogP) is 1.35. The van der Waals surface area contributed by atoms with Gasteiger partial charge in [0.15, 0.2) is 0 Å². The van der Waals surface area contributed by atoms with Crippen molar-refractivity contribution in [3.05, 3.63) is 0 Å². The topological polar surface area (TPSA) is 3.24 Å². The van der Waals surface area contributed by atoms with Gasteiger partial charge in [-0.3, -0.25) is 0 Å². The third-order valence-electron chi connectivity index (χ3n) is 2.10. The molecule has 1 fully saturated rings. The molecular weight excluding hydrogens is 98.1 g/mol. The Balaban J connectivity index is 2.39. The quantitative estimate of drug-likeness (QED) is 0.458. The molecule has 1 heteroatoms. The molecule has 0 aromatic carbocycles. The molecule has 0 aromatic heterocycles. The number of nitrogens with zero attached hydrogens (tertiary/aromatic N) is 1. The van der Waals surface area contributed by atoms with Crippen molar-refractivity contribution < 1.29 is 0 Å². The van der Waals surface area contributed by atoms with Gasteiger partial charge in [0.1, 0.15) is 0 Å². The molecular formula is C7H15N. The zero-order chi connectivity index (χ0) is 6.15. The average molecular weight is 113 g/mol. The molecule has 0 aromatic rings. The Morgan fingerprint density at radius 3 is 2.12 bits per heavy atom. The van der Waals surface area contributed by atoms with Crippen LogP contribution in [-0.4, -0.2) is 24.5 Å². The highest BCUT2D eigenvalue weighted by molar-refractivity contribution is 4.76. The van der Waals surface area contributed by atoms with Crippen LogP contribution in [0, 0.1) is 5.92 Å². The van der Waals surface area contributed by atoms with Gasteiger partial charge in [0.05, 0.1) is 0 Å². The molecule has 0 aliphatic carbocycles. The van der Waals surface area contributed by atoms with Crippen LogP contribution in [-0.2, 0) is 0 Å². The summed E-state index contributed by atoms with van der Waals surface area (Å²) in [6.07, 6.45) is 1.39. The van der Waals surface area contributed by atoms with E-state index in [4.69, 9.17) is 0 Å². The van der Waals surface area contributed by atoms with E-state index in [0.29, 0.717) is 0 Å². The molecule has 1 unspecified atom stereocenters. The van der Waals surface area contributed by atoms with Gasteiger partial charge in [-0.1, -0.05) is 6.92 Å². The van der Waals surface area contributed by atoms with Gasteiger partial charge >= 0.3 is 0 Å². The lowest BCUT2D eigenvalue weighted by molar-refractivity contribution is 0.327. The Kier molecular flexibility index (Phi) is 1.57. The lowest BCUT2D eigenvalue weighted by Crippen LogP contribution is -2.21. The van der Waals surface area contributed by atoms with E-state index in [1.807, 2.05) is 0 Å². The van der Waals surface area contributed by atoms with Gasteiger partial charge in [0.25, 0.3) is 0 Å². The van der Waals surface area contributed by atoms with Crippen molar-refractivity contribution in [2.24, 2.45) is 5.92 Å². The third-order valence-corrected chi connectivity index (χ3v) is 2.10. The monoisotopic (exact) mass is 113 g/mol. The summed E-state index contributed by atoms with van der Waals surface area (Å²) < 4.78 is 0. The maximum atomic E-state index is 2.42. The maximum Gasteiger partial charge on any atom is 0.00670 e. The van der Waals surface area contributed by atoms with Crippen molar-refractivity contribution in [1.82, 2.24) is 4.90 Å². The molecule has 8 heavy (non-hydrogen) atoms. The Hall–Kier alpha value is -0.0400. The average Bonchev–Trinajstić information content (AvgIpc) is 1.85. The van der Waals surface area contributed by atoms with E-state index in [9.17, 15) is 0 Å². The molecule has 1 rings (SSSR count). The molecule has 1 saturated heterocycles. The van der Waals surface area contributed by atoms with E-state index >= 15 is 0 Å². The molecule has 1 nitrogen and oxygen atoms in total. The SMILES string of the molecule is CC1C[C@@H](C)CN1C. The van der Waals surface area contributed by atoms with Crippen LogP contribution in [0.25, 0.3) is 0 Å². The van der Waals surface area contributed by atoms with Crippen LogP contribution < -0.4 is 0 Å². The van der Waals surface area contributed by atoms with Gasteiger partial charge < -0.3 is 4.90 Å². The molecule has 0 N–H and O–H groups in total. The highest BCUT2D eigenvalue weighted by Gasteiger charge is 2.21. The minimum absolute atomic E-state index is 0.824. The second-order valence-corrected chi connectivity index (χ2v) is 3.13. The van der Waals surface area contributed by atoms with E-state index in [0.717, 1.165) is 12.0 Å². The zero-order valence-electron chi connectivity index (χ0n) is 6.02. The van der Waals surface area contributed by atoms with E-state index in [-0.39, 0.29) is 0 Å². The Labute approximate surface area is 51.7 Å². The van der Waals surface area contributed by atoms with E-state index in [2.05, 4.69) is 25.8 Å². The first-order valence-corrected chi connectivity index (χ1v) is 3.40. The molecule has 1 heterocycles. The lowest BCUT2D eigenvalue weighted by atomic mass is 10.1. The first kappa shape index (κ1) is 6.09. The molecule has 0 spiro atoms. The highest BCUT2D eigenvalue weighted by atomic mass is 15.1. The standard InChI is InChI=1S/C7H15N/c1-6-4-7(2)8(3)5-6/h6-7H,4-5H2,1-3H3/t6-,7?/m1/s1. The second-order valence-electron chi connectivity index (χ2n) is 3.13. The van der Waals surface area contributed by atoms with E-state index in [1.54, 1.807) is 0 Å². The van der Waals surface area contributed by atoms with Crippen molar-refractivity contribution in [3.63, 3.8) is 0 Å². The Morgan fingerprint density at radius 2 is 2.00 bits per heavy atom. The Morgan fingerprint density at radius 1 is 1.38 bits per heavy atom. The molecule has 0 bridgehead atoms. The highest BCUT2D eigenvalue weighted by Crippen LogP contribution is 2.19. The number of rotatable bonds is 0. The van der Waals surface area contributed by atoms with Crippen molar-refractivity contribution in [2.45, 2.75) is 26.3 Å². The lowest BCUT2D eigenvalue weighted by Gasteiger charge is -2.12. The van der Waals surface area contributed by atoms with Crippen LogP contribution >= 0.6 is 0 Å². The van der Waals surface area contributed by atoms with Crippen LogP contribution in [0.4, 0.5) is 0 Å². The van der Waals surface area contributed by atoms with Gasteiger partial charge in [0, 0.05) is 12.6 Å². The van der Waals surface area contributed by atoms with Gasteiger partial charge in [-0.2, -0.15) is 0 Å². The van der Waals surface area contributed by atoms with E-state index in [1.165, 1.54) is 13.0 Å². The van der Waals surface area contributed by atoms with Gasteiger partial charge in [-0.25, -0.2) is 0 Å². The summed E-state index contributed by atoms with van der Waals surface area (Å²) in [5.41, 5.74) is 0. The van der Waals surface area contributed by atoms with Crippen molar-refractivity contribution >= 4 is 0 Å². The minimum atomic E-state index is 0.824. The van der Waals surface area contributed by atoms with Gasteiger partial charge in [-0.15, -0.1) is 0 Å². The molecule has 0 amide bonds. The second kappa shape index (κ2) is 2.06. The first-order chi connectivity index (χ1) is 3.70. The van der Waals surface area contributed by atoms with Crippen LogP contribution in [0.15, 0.2) is 0 Å². The molecule has 2 atom stereocenters. The molecule has 0 saturated carbocycles. The van der Waals surface area contributed by atoms with E-state index < -0.39 is 0 Å². The van der Waals surface area contributed by atoms with Crippen molar-refractivity contribution in [2.75, 3.05) is 13.6 Å². The van der Waals surface area contributed by atoms with Crippen molar-refractivity contribution in [1.29, 1.82) is 0 Å². The van der Waals surface area contributed by atoms with Gasteiger partial charge in [0.2, 0.25) is 0 Å². The van der Waals surface area contributed by atoms with Gasteiger partial charge in [-0.05, 0) is 26.3 Å². The van der Waals surface area contributed by atoms with Crippen LogP contribution in [0.1, 0.15) is 20.3 Å². The zero-order valence-corrected chi connectivity index (χ0v) is 6.02. The number of hydrogen-bond donors (Lipinski definition) is 0. The predicted molar refractivity (Wildman–Crippen MR) is 35.9 cm³/mol. The van der Waals surface area contributed by atoms with Crippen LogP contribution in [0.2, 0.25) is 0 Å². The Bertz CT molecular complexity index is 70.5. The summed E-state index contributed by atoms with van der Waals surface area (Å²) in [5.74, 6) is 0.926. The molecule has 48 valence electrons. The summed E-state index contributed by atoms with van der Waals surface area (Å²) in [5, 5.41) is 0. The molecule has 1 aliphatic heterocycles. The summed E-state index contributed by atoms with van der Waals surface area (Å²) >= 11 is 0. The fourth-order valence-electron chi connectivity index (χ4n) is 1.51. The number of hydrogen-bond acceptors (Lipinski definition) is 1. The normalized spacial score (nSPS) is 40.9. The summed E-state index contributed by atoms with van der Waals surface area (Å²) in [6, 6.07) is 0.824. The third kappa shape index (κ3) is 1.03. The smallest absolute Gasteiger partial charge is 0.00670 e. The number of likely N-dealkylation sites (tertiary alicyclic amines) is 1. The van der Waals surface area contributed by atoms with Crippen LogP contribution in [0.5, 0.6) is 0 Å². The summed E-state index contributed by atoms with van der Waals surface area (Å²) in [4.78, 5) is 2.42.